The van der Waals surface area contributed by atoms with Crippen molar-refractivity contribution < 1.29 is 8.78 Å². The Labute approximate surface area is 117 Å². The fourth-order valence-electron chi connectivity index (χ4n) is 2.40. The molecule has 0 radical (unpaired) electrons. The minimum atomic E-state index is -0.609. The second kappa shape index (κ2) is 5.02. The van der Waals surface area contributed by atoms with Crippen molar-refractivity contribution in [2.45, 2.75) is 18.9 Å². The van der Waals surface area contributed by atoms with Crippen LogP contribution in [0.15, 0.2) is 29.1 Å². The van der Waals surface area contributed by atoms with E-state index in [-0.39, 0.29) is 10.5 Å². The number of halogens is 3. The normalized spacial score (nSPS) is 19.0. The summed E-state index contributed by atoms with van der Waals surface area (Å²) in [6.45, 7) is 0.950. The van der Waals surface area contributed by atoms with Crippen LogP contribution < -0.4 is 5.32 Å². The predicted molar refractivity (Wildman–Crippen MR) is 71.2 cm³/mol. The van der Waals surface area contributed by atoms with E-state index in [1.165, 1.54) is 6.07 Å². The van der Waals surface area contributed by atoms with E-state index in [4.69, 9.17) is 0 Å². The summed E-state index contributed by atoms with van der Waals surface area (Å²) in [4.78, 5) is 4.08. The van der Waals surface area contributed by atoms with Crippen molar-refractivity contribution in [1.29, 1.82) is 0 Å². The van der Waals surface area contributed by atoms with Crippen molar-refractivity contribution in [3.8, 4) is 5.69 Å². The van der Waals surface area contributed by atoms with Crippen molar-refractivity contribution in [2.24, 2.45) is 0 Å². The van der Waals surface area contributed by atoms with Crippen LogP contribution in [0.1, 0.15) is 24.6 Å². The lowest BCUT2D eigenvalue weighted by atomic mass is 10.1. The van der Waals surface area contributed by atoms with Gasteiger partial charge in [0.15, 0.2) is 0 Å². The first-order chi connectivity index (χ1) is 9.16. The van der Waals surface area contributed by atoms with Crippen molar-refractivity contribution >= 4 is 15.9 Å². The molecule has 1 aromatic heterocycles. The van der Waals surface area contributed by atoms with Crippen molar-refractivity contribution in [3.63, 3.8) is 0 Å². The molecule has 1 aliphatic rings. The number of benzene rings is 1. The molecule has 1 saturated heterocycles. The molecule has 1 atom stereocenters. The quantitative estimate of drug-likeness (QED) is 0.857. The van der Waals surface area contributed by atoms with Gasteiger partial charge in [0.25, 0.3) is 0 Å². The second-order valence-corrected chi connectivity index (χ2v) is 5.41. The average molecular weight is 328 g/mol. The van der Waals surface area contributed by atoms with Crippen LogP contribution in [0, 0.1) is 11.6 Å². The van der Waals surface area contributed by atoms with E-state index in [0.29, 0.717) is 5.69 Å². The second-order valence-electron chi connectivity index (χ2n) is 4.56. The monoisotopic (exact) mass is 327 g/mol. The molecule has 0 amide bonds. The lowest BCUT2D eigenvalue weighted by Gasteiger charge is -2.15. The van der Waals surface area contributed by atoms with E-state index < -0.39 is 11.6 Å². The lowest BCUT2D eigenvalue weighted by molar-refractivity contribution is 0.565. The smallest absolute Gasteiger partial charge is 0.150 e. The number of aromatic nitrogens is 2. The highest BCUT2D eigenvalue weighted by molar-refractivity contribution is 9.10. The SMILES string of the molecule is Fc1cc(F)c(-n2cncc2[C@@H]2CCCN2)cc1Br. The lowest BCUT2D eigenvalue weighted by Crippen LogP contribution is -2.16. The molecule has 1 aliphatic heterocycles. The first kappa shape index (κ1) is 12.7. The fourth-order valence-corrected chi connectivity index (χ4v) is 2.73. The summed E-state index contributed by atoms with van der Waals surface area (Å²) >= 11 is 3.08. The average Bonchev–Trinajstić information content (AvgIpc) is 3.03. The zero-order valence-electron chi connectivity index (χ0n) is 10.0. The van der Waals surface area contributed by atoms with Gasteiger partial charge in [0.1, 0.15) is 11.6 Å². The Kier molecular flexibility index (Phi) is 3.36. The summed E-state index contributed by atoms with van der Waals surface area (Å²) in [6, 6.07) is 2.49. The highest BCUT2D eigenvalue weighted by Gasteiger charge is 2.22. The third kappa shape index (κ3) is 2.30. The molecular formula is C13H12BrF2N3. The Hall–Kier alpha value is -1.27. The number of hydrogen-bond donors (Lipinski definition) is 1. The molecule has 1 aromatic carbocycles. The summed E-state index contributed by atoms with van der Waals surface area (Å²) in [5.41, 5.74) is 1.20. The molecule has 6 heteroatoms. The van der Waals surface area contributed by atoms with Gasteiger partial charge in [-0.25, -0.2) is 13.8 Å². The highest BCUT2D eigenvalue weighted by Crippen LogP contribution is 2.28. The first-order valence-electron chi connectivity index (χ1n) is 6.07. The van der Waals surface area contributed by atoms with E-state index in [1.807, 2.05) is 0 Å². The Balaban J connectivity index is 2.07. The molecule has 3 rings (SSSR count). The number of nitrogens with zero attached hydrogens (tertiary/aromatic N) is 2. The van der Waals surface area contributed by atoms with E-state index >= 15 is 0 Å². The van der Waals surface area contributed by atoms with Crippen LogP contribution in [0.25, 0.3) is 5.69 Å². The Bertz CT molecular complexity index is 606. The summed E-state index contributed by atoms with van der Waals surface area (Å²) in [5, 5.41) is 3.35. The van der Waals surface area contributed by atoms with Gasteiger partial charge in [0, 0.05) is 12.1 Å². The Morgan fingerprint density at radius 2 is 2.16 bits per heavy atom. The predicted octanol–water partition coefficient (Wildman–Crippen LogP) is 3.34. The number of nitrogens with one attached hydrogen (secondary N) is 1. The molecule has 2 heterocycles. The van der Waals surface area contributed by atoms with Crippen molar-refractivity contribution in [1.82, 2.24) is 14.9 Å². The third-order valence-electron chi connectivity index (χ3n) is 3.33. The fraction of sp³-hybridized carbons (Fsp3) is 0.308. The van der Waals surface area contributed by atoms with E-state index in [1.54, 1.807) is 17.1 Å². The van der Waals surface area contributed by atoms with Crippen LogP contribution in [0.5, 0.6) is 0 Å². The van der Waals surface area contributed by atoms with Crippen LogP contribution >= 0.6 is 15.9 Å². The third-order valence-corrected chi connectivity index (χ3v) is 3.94. The van der Waals surface area contributed by atoms with Gasteiger partial charge in [-0.2, -0.15) is 0 Å². The van der Waals surface area contributed by atoms with Gasteiger partial charge in [0.05, 0.1) is 28.4 Å². The number of hydrogen-bond acceptors (Lipinski definition) is 2. The molecule has 0 spiro atoms. The van der Waals surface area contributed by atoms with Crippen LogP contribution in [0.3, 0.4) is 0 Å². The van der Waals surface area contributed by atoms with Crippen LogP contribution in [0.4, 0.5) is 8.78 Å². The standard InChI is InChI=1S/C13H12BrF2N3/c14-8-4-12(10(16)5-9(8)15)19-7-17-6-13(19)11-2-1-3-18-11/h4-7,11,18H,1-3H2/t11-/m0/s1. The summed E-state index contributed by atoms with van der Waals surface area (Å²) in [5.74, 6) is -1.21. The van der Waals surface area contributed by atoms with Gasteiger partial charge in [-0.05, 0) is 41.4 Å². The molecule has 3 nitrogen and oxygen atoms in total. The molecule has 1 fully saturated rings. The minimum Gasteiger partial charge on any atom is -0.309 e. The topological polar surface area (TPSA) is 29.9 Å². The minimum absolute atomic E-state index is 0.172. The summed E-state index contributed by atoms with van der Waals surface area (Å²) in [6.07, 6.45) is 5.36. The molecule has 0 unspecified atom stereocenters. The van der Waals surface area contributed by atoms with E-state index in [9.17, 15) is 8.78 Å². The molecular weight excluding hydrogens is 316 g/mol. The number of imidazole rings is 1. The van der Waals surface area contributed by atoms with Crippen molar-refractivity contribution in [3.05, 3.63) is 46.5 Å². The molecule has 1 N–H and O–H groups in total. The van der Waals surface area contributed by atoms with Crippen LogP contribution in [0.2, 0.25) is 0 Å². The molecule has 2 aromatic rings. The number of rotatable bonds is 2. The molecule has 0 bridgehead atoms. The zero-order chi connectivity index (χ0) is 13.4. The van der Waals surface area contributed by atoms with Gasteiger partial charge in [-0.3, -0.25) is 4.57 Å². The van der Waals surface area contributed by atoms with Gasteiger partial charge >= 0.3 is 0 Å². The maximum Gasteiger partial charge on any atom is 0.150 e. The molecule has 0 aliphatic carbocycles. The van der Waals surface area contributed by atoms with E-state index in [0.717, 1.165) is 31.1 Å². The van der Waals surface area contributed by atoms with Gasteiger partial charge in [-0.15, -0.1) is 0 Å². The van der Waals surface area contributed by atoms with Crippen LogP contribution in [-0.4, -0.2) is 16.1 Å². The maximum absolute atomic E-state index is 13.9. The molecule has 0 saturated carbocycles. The summed E-state index contributed by atoms with van der Waals surface area (Å²) < 4.78 is 29.1. The van der Waals surface area contributed by atoms with Gasteiger partial charge in [0.2, 0.25) is 0 Å². The van der Waals surface area contributed by atoms with Gasteiger partial charge in [-0.1, -0.05) is 0 Å². The van der Waals surface area contributed by atoms with Crippen LogP contribution in [-0.2, 0) is 0 Å². The largest absolute Gasteiger partial charge is 0.309 e. The molecule has 100 valence electrons. The molecule has 19 heavy (non-hydrogen) atoms. The van der Waals surface area contributed by atoms with Gasteiger partial charge < -0.3 is 5.32 Å². The Morgan fingerprint density at radius 1 is 1.32 bits per heavy atom. The first-order valence-corrected chi connectivity index (χ1v) is 6.86. The van der Waals surface area contributed by atoms with E-state index in [2.05, 4.69) is 26.2 Å². The maximum atomic E-state index is 13.9. The summed E-state index contributed by atoms with van der Waals surface area (Å²) in [7, 11) is 0. The zero-order valence-corrected chi connectivity index (χ0v) is 11.6. The Morgan fingerprint density at radius 3 is 2.89 bits per heavy atom. The highest BCUT2D eigenvalue weighted by atomic mass is 79.9. The van der Waals surface area contributed by atoms with Crippen molar-refractivity contribution in [2.75, 3.05) is 6.54 Å².